The first-order valence-electron chi connectivity index (χ1n) is 36.7. The largest absolute Gasteiger partial charge is 0.212 e. The Kier molecular flexibility index (Phi) is 21.5. The lowest BCUT2D eigenvalue weighted by molar-refractivity contribution is -0.660. The quantitative estimate of drug-likeness (QED) is 0.0857. The van der Waals surface area contributed by atoms with Crippen LogP contribution in [-0.2, 0) is 28.2 Å². The van der Waals surface area contributed by atoms with E-state index in [4.69, 9.17) is 12.3 Å². The zero-order chi connectivity index (χ0) is 72.7. The second-order valence-corrected chi connectivity index (χ2v) is 27.1. The fraction of sp³-hybridized carbons (Fsp3) is 0.470. The molecule has 0 saturated carbocycles. The summed E-state index contributed by atoms with van der Waals surface area (Å²) >= 11 is 0. The van der Waals surface area contributed by atoms with E-state index in [-0.39, 0.29) is 35.5 Å². The molecule has 0 amide bonds. The van der Waals surface area contributed by atoms with E-state index in [0.717, 1.165) is 55.9 Å². The summed E-state index contributed by atoms with van der Waals surface area (Å²) in [4.78, 5) is 0. The van der Waals surface area contributed by atoms with Gasteiger partial charge in [-0.25, -0.2) is 18.3 Å². The van der Waals surface area contributed by atoms with Crippen LogP contribution in [0.3, 0.4) is 0 Å². The minimum Gasteiger partial charge on any atom is -0.201 e. The van der Waals surface area contributed by atoms with E-state index in [2.05, 4.69) is 271 Å². The summed E-state index contributed by atoms with van der Waals surface area (Å²) < 4.78 is 80.9. The number of nitrogens with zero attached hydrogens (tertiary/aromatic N) is 4. The molecule has 466 valence electrons. The van der Waals surface area contributed by atoms with Gasteiger partial charge >= 0.3 is 0 Å². The third-order valence-corrected chi connectivity index (χ3v) is 17.3. The third kappa shape index (κ3) is 18.5. The van der Waals surface area contributed by atoms with Crippen molar-refractivity contribution in [1.29, 1.82) is 0 Å². The summed E-state index contributed by atoms with van der Waals surface area (Å²) in [7, 11) is 7.93. The van der Waals surface area contributed by atoms with Gasteiger partial charge in [-0.15, -0.1) is 0 Å². The highest BCUT2D eigenvalue weighted by molar-refractivity contribution is 5.65. The molecule has 0 aliphatic carbocycles. The van der Waals surface area contributed by atoms with Crippen molar-refractivity contribution < 1.29 is 30.6 Å². The van der Waals surface area contributed by atoms with Crippen LogP contribution in [0.2, 0.25) is 0 Å². The number of aryl methyl sites for hydroxylation is 11. The number of aromatic nitrogens is 4. The van der Waals surface area contributed by atoms with Crippen LogP contribution in [0.25, 0.3) is 45.0 Å². The molecule has 4 aromatic carbocycles. The molecule has 4 heteroatoms. The van der Waals surface area contributed by atoms with Gasteiger partial charge in [-0.05, 0) is 212 Å². The maximum atomic E-state index is 9.05. The zero-order valence-corrected chi connectivity index (χ0v) is 58.4. The standard InChI is InChI=1S/C22H32N.C21H30N.2C20H28N/c1-14(2)22(15(3)4)19-9-10-20(17(6)11-19)21-12-16(5)18(7)13-23(21)8;1-14(2)21(15(3)4)18-9-10-19(17(6)12-18)20-11-8-16(5)13-22(20)7;2*1-14(2)20(15(3)4)17-10-11-18(16(5)13-17)19-9-7-8-12-21(19)6/h9-15,22H,1-8H3;8-15,21H,1-7H3;2*7-15,20H,1-6H3/q4*+1/i7D3,22D;5D3,21D;20D;. The Morgan fingerprint density at radius 3 is 0.943 bits per heavy atom. The highest BCUT2D eigenvalue weighted by Crippen LogP contribution is 2.38. The highest BCUT2D eigenvalue weighted by Gasteiger charge is 2.26. The van der Waals surface area contributed by atoms with Crippen LogP contribution in [0, 0.1) is 95.7 Å². The Balaban J connectivity index is 0.000000233. The molecule has 0 aliphatic heterocycles. The lowest BCUT2D eigenvalue weighted by Crippen LogP contribution is -2.31. The number of rotatable bonds is 16. The number of pyridine rings is 4. The van der Waals surface area contributed by atoms with E-state index in [9.17, 15) is 0 Å². The normalized spacial score (nSPS) is 13.9. The van der Waals surface area contributed by atoms with E-state index >= 15 is 0 Å². The van der Waals surface area contributed by atoms with E-state index < -0.39 is 31.4 Å². The molecule has 0 N–H and O–H groups in total. The van der Waals surface area contributed by atoms with Gasteiger partial charge in [0.05, 0.1) is 0 Å². The van der Waals surface area contributed by atoms with Crippen LogP contribution in [0.4, 0.5) is 0 Å². The smallest absolute Gasteiger partial charge is 0.201 e. The molecule has 0 bridgehead atoms. The number of hydrogen-bond acceptors (Lipinski definition) is 0. The van der Waals surface area contributed by atoms with Crippen molar-refractivity contribution in [2.45, 2.75) is 183 Å². The topological polar surface area (TPSA) is 15.5 Å². The predicted molar refractivity (Wildman–Crippen MR) is 375 cm³/mol. The van der Waals surface area contributed by atoms with Crippen molar-refractivity contribution in [2.75, 3.05) is 0 Å². The molecule has 0 aliphatic rings. The van der Waals surface area contributed by atoms with Crippen molar-refractivity contribution >= 4 is 0 Å². The van der Waals surface area contributed by atoms with E-state index in [1.807, 2.05) is 54.4 Å². The van der Waals surface area contributed by atoms with Gasteiger partial charge in [0.25, 0.3) is 0 Å². The molecule has 0 radical (unpaired) electrons. The van der Waals surface area contributed by atoms with Crippen LogP contribution in [0.5, 0.6) is 0 Å². The van der Waals surface area contributed by atoms with Crippen LogP contribution in [0.15, 0.2) is 152 Å². The summed E-state index contributed by atoms with van der Waals surface area (Å²) in [5, 5.41) is 0. The van der Waals surface area contributed by atoms with Crippen molar-refractivity contribution in [1.82, 2.24) is 0 Å². The summed E-state index contributed by atoms with van der Waals surface area (Å²) in [5.74, 6) is 1.57. The Morgan fingerprint density at radius 1 is 0.299 bits per heavy atom. The molecule has 0 atom stereocenters. The Morgan fingerprint density at radius 2 is 0.632 bits per heavy atom. The SMILES string of the molecule is Cc1cc(C(C(C)C)C(C)C)ccc1-c1cccc[n+]1C.[2H]C([2H])([2H])c1c[n+](C)c(-c2ccc(C([2H])(C(C)C)C(C)C)cc2C)cc1C.[2H]C([2H])([2H])c1ccc(-c2ccc(C([2H])(C(C)C)C(C)C)cc2C)[n+](C)c1.[2H]C(c1ccc(-c2cccc[n+]2C)c(C)c1)(C(C)C)C(C)C. The van der Waals surface area contributed by atoms with Gasteiger partial charge in [-0.1, -0.05) is 159 Å². The molecular weight excluding hydrogens is 1050 g/mol. The van der Waals surface area contributed by atoms with Gasteiger partial charge in [0, 0.05) is 82.1 Å². The molecular formula is C83H118N4+4. The fourth-order valence-corrected chi connectivity index (χ4v) is 13.6. The summed E-state index contributed by atoms with van der Waals surface area (Å²) in [6, 6.07) is 44.1. The van der Waals surface area contributed by atoms with Gasteiger partial charge in [0.1, 0.15) is 28.2 Å². The maximum absolute atomic E-state index is 9.05. The van der Waals surface area contributed by atoms with E-state index in [1.165, 1.54) is 39.2 Å². The highest BCUT2D eigenvalue weighted by atomic mass is 14.9. The summed E-state index contributed by atoms with van der Waals surface area (Å²) in [6.07, 6.45) is 7.56. The molecule has 87 heavy (non-hydrogen) atoms. The third-order valence-electron chi connectivity index (χ3n) is 17.3. The van der Waals surface area contributed by atoms with Gasteiger partial charge in [-0.3, -0.25) is 0 Å². The Bertz CT molecular complexity index is 3870. The lowest BCUT2D eigenvalue weighted by atomic mass is 9.79. The van der Waals surface area contributed by atoms with Crippen molar-refractivity contribution in [3.63, 3.8) is 0 Å². The number of hydrogen-bond donors (Lipinski definition) is 0. The van der Waals surface area contributed by atoms with E-state index in [0.29, 0.717) is 28.9 Å². The minimum absolute atomic E-state index is 0.208. The van der Waals surface area contributed by atoms with Gasteiger partial charge in [0.15, 0.2) is 24.8 Å². The van der Waals surface area contributed by atoms with Crippen molar-refractivity contribution in [2.24, 2.45) is 75.5 Å². The second-order valence-electron chi connectivity index (χ2n) is 27.1. The first-order valence-corrected chi connectivity index (χ1v) is 32.2. The maximum Gasteiger partial charge on any atom is 0.212 e. The van der Waals surface area contributed by atoms with Gasteiger partial charge < -0.3 is 0 Å². The average Bonchev–Trinajstić information content (AvgIpc) is 0.790. The summed E-state index contributed by atoms with van der Waals surface area (Å²) in [6.45, 7) is 40.8. The molecule has 0 saturated heterocycles. The molecule has 0 fully saturated rings. The van der Waals surface area contributed by atoms with Crippen LogP contribution in [-0.4, -0.2) is 0 Å². The fourth-order valence-electron chi connectivity index (χ4n) is 13.6. The van der Waals surface area contributed by atoms with Crippen molar-refractivity contribution in [3.8, 4) is 45.0 Å². The first kappa shape index (κ1) is 58.2. The van der Waals surface area contributed by atoms with Crippen LogP contribution in [0.1, 0.15) is 208 Å². The number of benzene rings is 4. The summed E-state index contributed by atoms with van der Waals surface area (Å²) in [5.41, 5.74) is 20.0. The lowest BCUT2D eigenvalue weighted by Gasteiger charge is -2.26. The molecule has 4 nitrogen and oxygen atoms in total. The second kappa shape index (κ2) is 32.1. The molecule has 8 rings (SSSR count). The Labute approximate surface area is 544 Å². The Hall–Kier alpha value is -6.52. The molecule has 4 heterocycles. The molecule has 4 aromatic heterocycles. The molecule has 0 spiro atoms. The molecule has 0 unspecified atom stereocenters. The monoisotopic (exact) mass is 1180 g/mol. The van der Waals surface area contributed by atoms with Crippen LogP contribution >= 0.6 is 0 Å². The zero-order valence-electron chi connectivity index (χ0n) is 67.4. The van der Waals surface area contributed by atoms with Crippen LogP contribution < -0.4 is 18.3 Å². The van der Waals surface area contributed by atoms with Crippen molar-refractivity contribution in [3.05, 3.63) is 213 Å². The first-order chi connectivity index (χ1) is 44.4. The van der Waals surface area contributed by atoms with Gasteiger partial charge in [0.2, 0.25) is 22.8 Å². The minimum atomic E-state index is -2.11. The van der Waals surface area contributed by atoms with E-state index in [1.54, 1.807) is 18.5 Å². The molecule has 8 aromatic rings. The average molecular weight is 1180 g/mol. The van der Waals surface area contributed by atoms with Gasteiger partial charge in [-0.2, -0.15) is 0 Å². The predicted octanol–water partition coefficient (Wildman–Crippen LogP) is 20.5.